The third kappa shape index (κ3) is 3.54. The lowest BCUT2D eigenvalue weighted by atomic mass is 10.1. The molecule has 2 aromatic heterocycles. The zero-order valence-corrected chi connectivity index (χ0v) is 17.0. The van der Waals surface area contributed by atoms with Gasteiger partial charge in [0, 0.05) is 31.0 Å². The summed E-state index contributed by atoms with van der Waals surface area (Å²) in [7, 11) is 1.88. The number of hydrogen-bond donors (Lipinski definition) is 2. The number of hydrogen-bond acceptors (Lipinski definition) is 4. The monoisotopic (exact) mass is 473 g/mol. The topological polar surface area (TPSA) is 100 Å². The fraction of sp³-hybridized carbons (Fsp3) is 0.211. The third-order valence-electron chi connectivity index (χ3n) is 4.64. The van der Waals surface area contributed by atoms with Gasteiger partial charge < -0.3 is 11.5 Å². The van der Waals surface area contributed by atoms with Crippen LogP contribution in [0.4, 0.5) is 5.69 Å². The molecule has 1 aromatic carbocycles. The Morgan fingerprint density at radius 3 is 2.85 bits per heavy atom. The highest BCUT2D eigenvalue weighted by molar-refractivity contribution is 14.1. The van der Waals surface area contributed by atoms with E-state index in [1.165, 1.54) is 11.1 Å². The Morgan fingerprint density at radius 2 is 2.11 bits per heavy atom. The maximum atomic E-state index is 6.31. The Balaban J connectivity index is 1.72. The van der Waals surface area contributed by atoms with Gasteiger partial charge in [-0.05, 0) is 40.2 Å². The average molecular weight is 473 g/mol. The van der Waals surface area contributed by atoms with Gasteiger partial charge in [-0.25, -0.2) is 9.98 Å². The van der Waals surface area contributed by atoms with Gasteiger partial charge in [0.2, 0.25) is 0 Å². The zero-order chi connectivity index (χ0) is 19.0. The van der Waals surface area contributed by atoms with Crippen molar-refractivity contribution in [2.75, 3.05) is 0 Å². The molecule has 4 N–H and O–H groups in total. The second kappa shape index (κ2) is 7.28. The molecule has 0 saturated heterocycles. The molecule has 1 unspecified atom stereocenters. The number of rotatable bonds is 4. The van der Waals surface area contributed by atoms with Crippen molar-refractivity contribution in [2.24, 2.45) is 23.5 Å². The highest BCUT2D eigenvalue weighted by Gasteiger charge is 2.19. The molecule has 0 fully saturated rings. The Kier molecular flexibility index (Phi) is 4.83. The second-order valence-electron chi connectivity index (χ2n) is 6.63. The van der Waals surface area contributed by atoms with Crippen LogP contribution in [0.15, 0.2) is 45.9 Å². The molecule has 27 heavy (non-hydrogen) atoms. The van der Waals surface area contributed by atoms with Crippen molar-refractivity contribution in [3.63, 3.8) is 0 Å². The van der Waals surface area contributed by atoms with Crippen LogP contribution in [0, 0.1) is 0 Å². The number of aryl methyl sites for hydroxylation is 1. The van der Waals surface area contributed by atoms with E-state index < -0.39 is 0 Å². The van der Waals surface area contributed by atoms with E-state index >= 15 is 0 Å². The van der Waals surface area contributed by atoms with Crippen molar-refractivity contribution in [3.05, 3.63) is 57.8 Å². The van der Waals surface area contributed by atoms with E-state index in [2.05, 4.69) is 49.8 Å². The van der Waals surface area contributed by atoms with Crippen LogP contribution in [0.1, 0.15) is 17.0 Å². The van der Waals surface area contributed by atoms with Crippen molar-refractivity contribution < 1.29 is 0 Å². The number of amidine groups is 1. The number of benzene rings is 1. The van der Waals surface area contributed by atoms with Gasteiger partial charge in [-0.15, -0.1) is 0 Å². The molecule has 0 saturated carbocycles. The van der Waals surface area contributed by atoms with Gasteiger partial charge in [-0.1, -0.05) is 28.7 Å². The molecule has 0 spiro atoms. The van der Waals surface area contributed by atoms with Crippen LogP contribution < -0.4 is 11.5 Å². The molecule has 0 radical (unpaired) electrons. The van der Waals surface area contributed by atoms with E-state index in [1.54, 1.807) is 17.1 Å². The maximum absolute atomic E-state index is 6.31. The SMILES string of the molecule is Cn1cc(-c2cnc(C(N)=Nc3ccc4c(c3)CC(N)C4)n2/C=C\I)cn1. The minimum absolute atomic E-state index is 0.200. The predicted molar refractivity (Wildman–Crippen MR) is 116 cm³/mol. The highest BCUT2D eigenvalue weighted by atomic mass is 127. The van der Waals surface area contributed by atoms with Crippen LogP contribution in [0.25, 0.3) is 17.5 Å². The summed E-state index contributed by atoms with van der Waals surface area (Å²) in [6, 6.07) is 6.34. The summed E-state index contributed by atoms with van der Waals surface area (Å²) in [5, 5.41) is 4.23. The number of nitrogens with two attached hydrogens (primary N) is 2. The lowest BCUT2D eigenvalue weighted by Crippen LogP contribution is -2.19. The van der Waals surface area contributed by atoms with Crippen LogP contribution >= 0.6 is 22.6 Å². The van der Waals surface area contributed by atoms with Crippen molar-refractivity contribution in [2.45, 2.75) is 18.9 Å². The molecule has 8 heteroatoms. The molecule has 1 atom stereocenters. The number of halogens is 1. The lowest BCUT2D eigenvalue weighted by molar-refractivity contribution is 0.721. The summed E-state index contributed by atoms with van der Waals surface area (Å²) in [6.45, 7) is 0. The van der Waals surface area contributed by atoms with Gasteiger partial charge in [0.25, 0.3) is 0 Å². The van der Waals surface area contributed by atoms with Crippen molar-refractivity contribution in [3.8, 4) is 11.3 Å². The molecular formula is C19H20IN7. The molecule has 0 bridgehead atoms. The van der Waals surface area contributed by atoms with Crippen LogP contribution in [0.2, 0.25) is 0 Å². The summed E-state index contributed by atoms with van der Waals surface area (Å²) in [5.74, 6) is 0.959. The minimum atomic E-state index is 0.200. The lowest BCUT2D eigenvalue weighted by Gasteiger charge is -2.06. The van der Waals surface area contributed by atoms with Crippen LogP contribution in [-0.4, -0.2) is 31.2 Å². The number of aromatic nitrogens is 4. The number of aliphatic imine (C=N–C) groups is 1. The minimum Gasteiger partial charge on any atom is -0.381 e. The fourth-order valence-corrected chi connectivity index (χ4v) is 3.74. The van der Waals surface area contributed by atoms with Crippen LogP contribution in [-0.2, 0) is 19.9 Å². The smallest absolute Gasteiger partial charge is 0.180 e. The van der Waals surface area contributed by atoms with Gasteiger partial charge in [0.15, 0.2) is 11.7 Å². The summed E-state index contributed by atoms with van der Waals surface area (Å²) < 4.78 is 5.59. The zero-order valence-electron chi connectivity index (χ0n) is 14.9. The van der Waals surface area contributed by atoms with E-state index in [-0.39, 0.29) is 6.04 Å². The third-order valence-corrected chi connectivity index (χ3v) is 4.96. The average Bonchev–Trinajstić information content (AvgIpc) is 3.32. The Bertz CT molecular complexity index is 1040. The largest absolute Gasteiger partial charge is 0.381 e. The molecule has 0 aliphatic heterocycles. The van der Waals surface area contributed by atoms with Gasteiger partial charge in [0.1, 0.15) is 0 Å². The van der Waals surface area contributed by atoms with E-state index in [9.17, 15) is 0 Å². The van der Waals surface area contributed by atoms with E-state index in [0.29, 0.717) is 11.7 Å². The molecule has 2 heterocycles. The summed E-state index contributed by atoms with van der Waals surface area (Å²) in [6.07, 6.45) is 9.25. The molecular weight excluding hydrogens is 453 g/mol. The maximum Gasteiger partial charge on any atom is 0.180 e. The van der Waals surface area contributed by atoms with Crippen LogP contribution in [0.3, 0.4) is 0 Å². The van der Waals surface area contributed by atoms with E-state index in [1.807, 2.05) is 34.2 Å². The predicted octanol–water partition coefficient (Wildman–Crippen LogP) is 2.61. The van der Waals surface area contributed by atoms with Crippen LogP contribution in [0.5, 0.6) is 0 Å². The van der Waals surface area contributed by atoms with Gasteiger partial charge in [0.05, 0.1) is 23.8 Å². The van der Waals surface area contributed by atoms with Gasteiger partial charge in [-0.3, -0.25) is 9.25 Å². The summed E-state index contributed by atoms with van der Waals surface area (Å²) in [4.78, 5) is 9.10. The summed E-state index contributed by atoms with van der Waals surface area (Å²) >= 11 is 2.17. The first-order chi connectivity index (χ1) is 13.0. The molecule has 138 valence electrons. The van der Waals surface area contributed by atoms with Crippen molar-refractivity contribution >= 4 is 40.3 Å². The quantitative estimate of drug-likeness (QED) is 0.346. The molecule has 7 nitrogen and oxygen atoms in total. The van der Waals surface area contributed by atoms with Crippen molar-refractivity contribution in [1.29, 1.82) is 0 Å². The molecule has 3 aromatic rings. The molecule has 1 aliphatic carbocycles. The van der Waals surface area contributed by atoms with Gasteiger partial charge >= 0.3 is 0 Å². The van der Waals surface area contributed by atoms with E-state index in [0.717, 1.165) is 29.8 Å². The number of fused-ring (bicyclic) bond motifs is 1. The molecule has 0 amide bonds. The number of nitrogens with zero attached hydrogens (tertiary/aromatic N) is 5. The van der Waals surface area contributed by atoms with Crippen molar-refractivity contribution in [1.82, 2.24) is 19.3 Å². The second-order valence-corrected chi connectivity index (χ2v) is 7.35. The Morgan fingerprint density at radius 1 is 1.30 bits per heavy atom. The molecule has 1 aliphatic rings. The fourth-order valence-electron chi connectivity index (χ4n) is 3.42. The Labute approximate surface area is 170 Å². The first-order valence-corrected chi connectivity index (χ1v) is 9.84. The highest BCUT2D eigenvalue weighted by Crippen LogP contribution is 2.27. The number of imidazole rings is 1. The van der Waals surface area contributed by atoms with E-state index in [4.69, 9.17) is 11.5 Å². The first-order valence-electron chi connectivity index (χ1n) is 8.60. The first kappa shape index (κ1) is 17.9. The van der Waals surface area contributed by atoms with Gasteiger partial charge in [-0.2, -0.15) is 5.10 Å². The molecule has 4 rings (SSSR count). The Hall–Kier alpha value is -2.46. The summed E-state index contributed by atoms with van der Waals surface area (Å²) in [5.41, 5.74) is 17.6. The normalized spacial score (nSPS) is 17.0. The standard InChI is InChI=1S/C19H20IN7/c1-26-11-14(9-24-26)17-10-23-19(27(17)5-4-20)18(22)25-16-3-2-12-6-15(21)7-13(12)8-16/h2-5,8-11,15H,6-7,21H2,1H3,(H2,22,25)/b5-4-.